The molecule has 0 aliphatic rings. The average molecular weight is 427 g/mol. The molecular weight excluding hydrogens is 411 g/mol. The van der Waals surface area contributed by atoms with Gasteiger partial charge in [0.25, 0.3) is 5.91 Å². The van der Waals surface area contributed by atoms with E-state index in [0.717, 1.165) is 5.56 Å². The van der Waals surface area contributed by atoms with Crippen molar-refractivity contribution in [2.24, 2.45) is 0 Å². The van der Waals surface area contributed by atoms with Crippen LogP contribution in [0.25, 0.3) is 11.3 Å². The van der Waals surface area contributed by atoms with Crippen LogP contribution in [0.2, 0.25) is 5.15 Å². The Balaban J connectivity index is 1.53. The summed E-state index contributed by atoms with van der Waals surface area (Å²) >= 11 is 7.70. The zero-order valence-corrected chi connectivity index (χ0v) is 17.0. The van der Waals surface area contributed by atoms with Crippen molar-refractivity contribution in [2.45, 2.75) is 13.5 Å². The van der Waals surface area contributed by atoms with E-state index in [4.69, 9.17) is 11.6 Å². The average Bonchev–Trinajstić information content (AvgIpc) is 3.27. The van der Waals surface area contributed by atoms with Crippen molar-refractivity contribution in [2.75, 3.05) is 5.32 Å². The highest BCUT2D eigenvalue weighted by Gasteiger charge is 2.21. The van der Waals surface area contributed by atoms with E-state index in [1.54, 1.807) is 29.1 Å². The molecule has 8 heteroatoms. The molecule has 0 atom stereocenters. The molecule has 2 aromatic heterocycles. The first-order chi connectivity index (χ1) is 14.0. The van der Waals surface area contributed by atoms with Gasteiger partial charge in [-0.2, -0.15) is 5.10 Å². The van der Waals surface area contributed by atoms with Crippen LogP contribution < -0.4 is 5.32 Å². The molecule has 146 valence electrons. The van der Waals surface area contributed by atoms with E-state index in [-0.39, 0.29) is 16.9 Å². The van der Waals surface area contributed by atoms with Crippen LogP contribution in [0, 0.1) is 12.7 Å². The number of hydrogen-bond acceptors (Lipinski definition) is 4. The lowest BCUT2D eigenvalue weighted by Gasteiger charge is -2.04. The number of hydrogen-bond donors (Lipinski definition) is 1. The second-order valence-electron chi connectivity index (χ2n) is 6.40. The SMILES string of the molecule is Cc1nn(Cc2ccccc2)c(Cl)c1C(=O)Nc1nc(-c2cccc(F)c2)cs1. The van der Waals surface area contributed by atoms with Crippen molar-refractivity contribution >= 4 is 34.0 Å². The maximum absolute atomic E-state index is 13.4. The third kappa shape index (κ3) is 4.21. The Hall–Kier alpha value is -3.03. The summed E-state index contributed by atoms with van der Waals surface area (Å²) in [5.74, 6) is -0.721. The van der Waals surface area contributed by atoms with Crippen LogP contribution in [0.5, 0.6) is 0 Å². The summed E-state index contributed by atoms with van der Waals surface area (Å²) in [7, 11) is 0. The Morgan fingerprint density at radius 3 is 2.76 bits per heavy atom. The molecule has 1 N–H and O–H groups in total. The molecule has 0 fully saturated rings. The van der Waals surface area contributed by atoms with E-state index in [0.29, 0.717) is 34.2 Å². The number of carbonyl (C=O) groups excluding carboxylic acids is 1. The minimum Gasteiger partial charge on any atom is -0.298 e. The zero-order valence-electron chi connectivity index (χ0n) is 15.4. The van der Waals surface area contributed by atoms with Gasteiger partial charge in [-0.05, 0) is 24.6 Å². The van der Waals surface area contributed by atoms with Gasteiger partial charge >= 0.3 is 0 Å². The first kappa shape index (κ1) is 19.3. The summed E-state index contributed by atoms with van der Waals surface area (Å²) < 4.78 is 15.0. The lowest BCUT2D eigenvalue weighted by molar-refractivity contribution is 0.102. The first-order valence-electron chi connectivity index (χ1n) is 8.81. The van der Waals surface area contributed by atoms with E-state index >= 15 is 0 Å². The lowest BCUT2D eigenvalue weighted by Crippen LogP contribution is -2.13. The van der Waals surface area contributed by atoms with Gasteiger partial charge in [0, 0.05) is 10.9 Å². The van der Waals surface area contributed by atoms with Crippen LogP contribution in [0.3, 0.4) is 0 Å². The monoisotopic (exact) mass is 426 g/mol. The third-order valence-corrected chi connectivity index (χ3v) is 5.45. The highest BCUT2D eigenvalue weighted by atomic mass is 35.5. The molecule has 0 saturated heterocycles. The molecular formula is C21H16ClFN4OS. The molecule has 1 amide bonds. The van der Waals surface area contributed by atoms with Gasteiger partial charge in [0.2, 0.25) is 0 Å². The van der Waals surface area contributed by atoms with Gasteiger partial charge in [-0.25, -0.2) is 14.1 Å². The number of carbonyl (C=O) groups is 1. The Morgan fingerprint density at radius 2 is 2.00 bits per heavy atom. The van der Waals surface area contributed by atoms with Crippen LogP contribution in [0.4, 0.5) is 9.52 Å². The summed E-state index contributed by atoms with van der Waals surface area (Å²) in [5, 5.41) is 9.59. The Bertz CT molecular complexity index is 1170. The van der Waals surface area contributed by atoms with Gasteiger partial charge in [-0.3, -0.25) is 10.1 Å². The number of aromatic nitrogens is 3. The molecule has 2 heterocycles. The molecule has 0 spiro atoms. The molecule has 0 bridgehead atoms. The van der Waals surface area contributed by atoms with E-state index in [9.17, 15) is 9.18 Å². The number of nitrogens with one attached hydrogen (secondary N) is 1. The van der Waals surface area contributed by atoms with Gasteiger partial charge in [0.05, 0.1) is 23.5 Å². The number of halogens is 2. The predicted molar refractivity (Wildman–Crippen MR) is 113 cm³/mol. The third-order valence-electron chi connectivity index (χ3n) is 4.31. The first-order valence-corrected chi connectivity index (χ1v) is 10.1. The van der Waals surface area contributed by atoms with E-state index in [2.05, 4.69) is 15.4 Å². The number of thiazole rings is 1. The van der Waals surface area contributed by atoms with Crippen molar-refractivity contribution < 1.29 is 9.18 Å². The fraction of sp³-hybridized carbons (Fsp3) is 0.0952. The van der Waals surface area contributed by atoms with E-state index in [1.807, 2.05) is 30.3 Å². The maximum atomic E-state index is 13.4. The van der Waals surface area contributed by atoms with Crippen LogP contribution >= 0.6 is 22.9 Å². The number of benzene rings is 2. The largest absolute Gasteiger partial charge is 0.298 e. The van der Waals surface area contributed by atoms with Crippen LogP contribution in [-0.2, 0) is 6.54 Å². The minimum atomic E-state index is -0.382. The van der Waals surface area contributed by atoms with Crippen LogP contribution in [-0.4, -0.2) is 20.7 Å². The number of nitrogens with zero attached hydrogens (tertiary/aromatic N) is 3. The Labute approximate surface area is 175 Å². The highest BCUT2D eigenvalue weighted by Crippen LogP contribution is 2.27. The summed E-state index contributed by atoms with van der Waals surface area (Å²) in [5.41, 5.74) is 3.11. The van der Waals surface area contributed by atoms with Crippen LogP contribution in [0.15, 0.2) is 60.0 Å². The van der Waals surface area contributed by atoms with Crippen molar-refractivity contribution in [1.29, 1.82) is 0 Å². The lowest BCUT2D eigenvalue weighted by atomic mass is 10.2. The molecule has 4 rings (SSSR count). The second kappa shape index (κ2) is 8.14. The Morgan fingerprint density at radius 1 is 1.21 bits per heavy atom. The molecule has 2 aromatic carbocycles. The molecule has 0 aliphatic heterocycles. The van der Waals surface area contributed by atoms with Gasteiger partial charge < -0.3 is 0 Å². The second-order valence-corrected chi connectivity index (χ2v) is 7.61. The smallest absolute Gasteiger partial charge is 0.262 e. The normalized spacial score (nSPS) is 10.9. The van der Waals surface area contributed by atoms with Crippen molar-refractivity contribution in [3.8, 4) is 11.3 Å². The molecule has 0 unspecified atom stereocenters. The molecule has 5 nitrogen and oxygen atoms in total. The fourth-order valence-corrected chi connectivity index (χ4v) is 3.98. The van der Waals surface area contributed by atoms with Gasteiger partial charge in [0.1, 0.15) is 11.0 Å². The highest BCUT2D eigenvalue weighted by molar-refractivity contribution is 7.14. The van der Waals surface area contributed by atoms with E-state index < -0.39 is 0 Å². The van der Waals surface area contributed by atoms with Crippen molar-refractivity contribution in [3.63, 3.8) is 0 Å². The zero-order chi connectivity index (χ0) is 20.4. The summed E-state index contributed by atoms with van der Waals surface area (Å²) in [6.45, 7) is 2.21. The summed E-state index contributed by atoms with van der Waals surface area (Å²) in [6.07, 6.45) is 0. The quantitative estimate of drug-likeness (QED) is 0.464. The minimum absolute atomic E-state index is 0.269. The Kier molecular flexibility index (Phi) is 5.42. The van der Waals surface area contributed by atoms with Gasteiger partial charge in [-0.15, -0.1) is 11.3 Å². The fourth-order valence-electron chi connectivity index (χ4n) is 2.94. The van der Waals surface area contributed by atoms with Crippen molar-refractivity contribution in [3.05, 3.63) is 87.8 Å². The number of anilines is 1. The van der Waals surface area contributed by atoms with Gasteiger partial charge in [-0.1, -0.05) is 54.1 Å². The number of rotatable bonds is 5. The summed E-state index contributed by atoms with van der Waals surface area (Å²) in [4.78, 5) is 17.1. The topological polar surface area (TPSA) is 59.8 Å². The van der Waals surface area contributed by atoms with Crippen molar-refractivity contribution in [1.82, 2.24) is 14.8 Å². The van der Waals surface area contributed by atoms with Gasteiger partial charge in [0.15, 0.2) is 5.13 Å². The summed E-state index contributed by atoms with van der Waals surface area (Å²) in [6, 6.07) is 15.9. The maximum Gasteiger partial charge on any atom is 0.262 e. The molecule has 0 radical (unpaired) electrons. The predicted octanol–water partition coefficient (Wildman–Crippen LogP) is 5.41. The van der Waals surface area contributed by atoms with Crippen LogP contribution in [0.1, 0.15) is 21.6 Å². The molecule has 4 aromatic rings. The standard InChI is InChI=1S/C21H16ClFN4OS/c1-13-18(19(22)27(26-13)11-14-6-3-2-4-7-14)20(28)25-21-24-17(12-29-21)15-8-5-9-16(23)10-15/h2-10,12H,11H2,1H3,(H,24,25,28). The number of amides is 1. The number of aryl methyl sites for hydroxylation is 1. The molecule has 29 heavy (non-hydrogen) atoms. The van der Waals surface area contributed by atoms with E-state index in [1.165, 1.54) is 23.5 Å². The molecule has 0 saturated carbocycles. The molecule has 0 aliphatic carbocycles.